The molecule has 0 bridgehead atoms. The second kappa shape index (κ2) is 11.8. The summed E-state index contributed by atoms with van der Waals surface area (Å²) >= 11 is 0. The number of hydrogen-bond donors (Lipinski definition) is 1. The van der Waals surface area contributed by atoms with Crippen molar-refractivity contribution in [3.8, 4) is 0 Å². The quantitative estimate of drug-likeness (QED) is 0.424. The van der Waals surface area contributed by atoms with Gasteiger partial charge in [0.2, 0.25) is 0 Å². The van der Waals surface area contributed by atoms with Crippen molar-refractivity contribution in [2.75, 3.05) is 6.61 Å². The van der Waals surface area contributed by atoms with E-state index >= 15 is 0 Å². The summed E-state index contributed by atoms with van der Waals surface area (Å²) in [6.45, 7) is 2.38. The van der Waals surface area contributed by atoms with E-state index in [0.717, 1.165) is 20.8 Å². The number of alkyl halides is 3. The number of nitrogens with one attached hydrogen (secondary N) is 1. The van der Waals surface area contributed by atoms with Gasteiger partial charge in [-0.3, -0.25) is 19.2 Å². The fourth-order valence-electron chi connectivity index (χ4n) is 3.19. The van der Waals surface area contributed by atoms with E-state index in [0.29, 0.717) is 5.56 Å². The highest BCUT2D eigenvalue weighted by atomic mass is 19.4. The molecule has 1 heterocycles. The molecule has 0 radical (unpaired) electrons. The molecular weight excluding hydrogens is 467 g/mol. The van der Waals surface area contributed by atoms with E-state index < -0.39 is 67.2 Å². The van der Waals surface area contributed by atoms with Gasteiger partial charge in [-0.25, -0.2) is 0 Å². The van der Waals surface area contributed by atoms with E-state index in [9.17, 15) is 32.3 Å². The van der Waals surface area contributed by atoms with Gasteiger partial charge in [-0.15, -0.1) is 0 Å². The van der Waals surface area contributed by atoms with Gasteiger partial charge < -0.3 is 29.0 Å². The zero-order valence-corrected chi connectivity index (χ0v) is 18.5. The maximum absolute atomic E-state index is 13.0. The molecule has 0 unspecified atom stereocenters. The SMILES string of the molecule is CC(=O)OC[C@H]1O[C@@H](OCc2ccccc2)[C@@H](OC(C)=O)[C@H](NC(=O)C(F)(F)F)[C@H]1OC(C)=O. The Bertz CT molecular complexity index is 878. The first-order valence-corrected chi connectivity index (χ1v) is 10.0. The maximum atomic E-state index is 13.0. The first-order chi connectivity index (χ1) is 15.9. The van der Waals surface area contributed by atoms with Gasteiger partial charge in [0.05, 0.1) is 6.61 Å². The smallest absolute Gasteiger partial charge is 0.463 e. The van der Waals surface area contributed by atoms with Gasteiger partial charge in [0.1, 0.15) is 18.8 Å². The van der Waals surface area contributed by atoms with Crippen LogP contribution in [0.1, 0.15) is 26.3 Å². The first kappa shape index (κ1) is 27.1. The molecule has 1 aromatic rings. The summed E-state index contributed by atoms with van der Waals surface area (Å²) in [5.74, 6) is -4.97. The molecule has 0 aromatic heterocycles. The number of carbonyl (C=O) groups excluding carboxylic acids is 4. The van der Waals surface area contributed by atoms with E-state index in [4.69, 9.17) is 23.7 Å². The molecule has 1 saturated heterocycles. The van der Waals surface area contributed by atoms with Gasteiger partial charge in [0, 0.05) is 20.8 Å². The van der Waals surface area contributed by atoms with Crippen LogP contribution in [0, 0.1) is 0 Å². The van der Waals surface area contributed by atoms with Crippen LogP contribution in [0.2, 0.25) is 0 Å². The number of ether oxygens (including phenoxy) is 5. The van der Waals surface area contributed by atoms with Crippen molar-refractivity contribution in [1.29, 1.82) is 0 Å². The first-order valence-electron chi connectivity index (χ1n) is 10.0. The van der Waals surface area contributed by atoms with Crippen molar-refractivity contribution in [2.24, 2.45) is 0 Å². The number of rotatable bonds is 8. The molecule has 13 heteroatoms. The third-order valence-electron chi connectivity index (χ3n) is 4.52. The van der Waals surface area contributed by atoms with Crippen LogP contribution in [0.4, 0.5) is 13.2 Å². The Balaban J connectivity index is 2.43. The molecule has 1 N–H and O–H groups in total. The van der Waals surface area contributed by atoms with Crippen molar-refractivity contribution >= 4 is 23.8 Å². The van der Waals surface area contributed by atoms with Gasteiger partial charge in [-0.2, -0.15) is 13.2 Å². The normalized spacial score (nSPS) is 24.6. The Hall–Kier alpha value is -3.19. The second-order valence-corrected chi connectivity index (χ2v) is 7.29. The molecule has 5 atom stereocenters. The summed E-state index contributed by atoms with van der Waals surface area (Å²) in [7, 11) is 0. The van der Waals surface area contributed by atoms with Crippen LogP contribution in [0.15, 0.2) is 30.3 Å². The summed E-state index contributed by atoms with van der Waals surface area (Å²) in [5.41, 5.74) is 0.655. The monoisotopic (exact) mass is 491 g/mol. The van der Waals surface area contributed by atoms with Crippen LogP contribution in [-0.2, 0) is 49.5 Å². The van der Waals surface area contributed by atoms with E-state index in [1.165, 1.54) is 0 Å². The summed E-state index contributed by atoms with van der Waals surface area (Å²) in [6.07, 6.45) is -11.4. The molecule has 188 valence electrons. The Labute approximate surface area is 192 Å². The molecule has 1 aliphatic heterocycles. The predicted molar refractivity (Wildman–Crippen MR) is 106 cm³/mol. The summed E-state index contributed by atoms with van der Waals surface area (Å²) in [6, 6.07) is 6.84. The van der Waals surface area contributed by atoms with Crippen LogP contribution in [0.25, 0.3) is 0 Å². The van der Waals surface area contributed by atoms with Crippen LogP contribution in [0.5, 0.6) is 0 Å². The molecule has 34 heavy (non-hydrogen) atoms. The van der Waals surface area contributed by atoms with Gasteiger partial charge in [0.25, 0.3) is 0 Å². The summed E-state index contributed by atoms with van der Waals surface area (Å²) in [5, 5.41) is 1.70. The van der Waals surface area contributed by atoms with Crippen molar-refractivity contribution in [3.63, 3.8) is 0 Å². The average Bonchev–Trinajstić information content (AvgIpc) is 2.73. The van der Waals surface area contributed by atoms with E-state index in [2.05, 4.69) is 0 Å². The zero-order chi connectivity index (χ0) is 25.5. The van der Waals surface area contributed by atoms with Crippen molar-refractivity contribution in [2.45, 2.75) is 64.2 Å². The molecule has 0 saturated carbocycles. The second-order valence-electron chi connectivity index (χ2n) is 7.29. The molecule has 0 aliphatic carbocycles. The van der Waals surface area contributed by atoms with Crippen molar-refractivity contribution in [1.82, 2.24) is 5.32 Å². The molecule has 0 spiro atoms. The topological polar surface area (TPSA) is 126 Å². The average molecular weight is 491 g/mol. The third kappa shape index (κ3) is 7.99. The fourth-order valence-corrected chi connectivity index (χ4v) is 3.19. The Morgan fingerprint density at radius 2 is 1.53 bits per heavy atom. The maximum Gasteiger partial charge on any atom is 0.471 e. The lowest BCUT2D eigenvalue weighted by Gasteiger charge is -2.45. The van der Waals surface area contributed by atoms with Crippen LogP contribution in [-0.4, -0.2) is 67.2 Å². The lowest BCUT2D eigenvalue weighted by atomic mass is 9.95. The number of benzene rings is 1. The molecule has 1 aliphatic rings. The molecule has 10 nitrogen and oxygen atoms in total. The highest BCUT2D eigenvalue weighted by Crippen LogP contribution is 2.29. The summed E-state index contributed by atoms with van der Waals surface area (Å²) in [4.78, 5) is 46.5. The number of halogens is 3. The number of esters is 3. The van der Waals surface area contributed by atoms with E-state index in [1.807, 2.05) is 0 Å². The standard InChI is InChI=1S/C21H24F3NO9/c1-11(26)30-10-15-17(32-12(2)27)16(25-20(29)21(22,23)24)18(33-13(3)28)19(34-15)31-9-14-7-5-4-6-8-14/h4-8,15-19H,9-10H2,1-3H3,(H,25,29)/t15-,16-,17+,18+,19-/m1/s1. The molecule has 1 aromatic carbocycles. The Morgan fingerprint density at radius 3 is 2.06 bits per heavy atom. The molecule has 1 amide bonds. The van der Waals surface area contributed by atoms with Gasteiger partial charge in [0.15, 0.2) is 18.5 Å². The van der Waals surface area contributed by atoms with E-state index in [-0.39, 0.29) is 6.61 Å². The Kier molecular flexibility index (Phi) is 9.38. The lowest BCUT2D eigenvalue weighted by Crippen LogP contribution is -2.68. The highest BCUT2D eigenvalue weighted by molar-refractivity contribution is 5.82. The van der Waals surface area contributed by atoms with Crippen LogP contribution >= 0.6 is 0 Å². The van der Waals surface area contributed by atoms with Crippen LogP contribution in [0.3, 0.4) is 0 Å². The zero-order valence-electron chi connectivity index (χ0n) is 18.5. The summed E-state index contributed by atoms with van der Waals surface area (Å²) < 4.78 is 65.6. The van der Waals surface area contributed by atoms with Gasteiger partial charge in [-0.05, 0) is 5.56 Å². The number of carbonyl (C=O) groups is 4. The third-order valence-corrected chi connectivity index (χ3v) is 4.52. The van der Waals surface area contributed by atoms with E-state index in [1.54, 1.807) is 35.6 Å². The predicted octanol–water partition coefficient (Wildman–Crippen LogP) is 1.40. The molecule has 1 fully saturated rings. The minimum atomic E-state index is -5.30. The minimum absolute atomic E-state index is 0.109. The minimum Gasteiger partial charge on any atom is -0.463 e. The number of amides is 1. The van der Waals surface area contributed by atoms with Crippen molar-refractivity contribution in [3.05, 3.63) is 35.9 Å². The lowest BCUT2D eigenvalue weighted by molar-refractivity contribution is -0.289. The number of hydrogen-bond acceptors (Lipinski definition) is 9. The molecular formula is C21H24F3NO9. The molecule has 2 rings (SSSR count). The Morgan fingerprint density at radius 1 is 0.941 bits per heavy atom. The fraction of sp³-hybridized carbons (Fsp3) is 0.524. The van der Waals surface area contributed by atoms with Crippen molar-refractivity contribution < 1.29 is 56.0 Å². The van der Waals surface area contributed by atoms with Crippen LogP contribution < -0.4 is 5.32 Å². The largest absolute Gasteiger partial charge is 0.471 e. The highest BCUT2D eigenvalue weighted by Gasteiger charge is 2.53. The van der Waals surface area contributed by atoms with Gasteiger partial charge >= 0.3 is 30.0 Å². The van der Waals surface area contributed by atoms with Gasteiger partial charge in [-0.1, -0.05) is 30.3 Å².